The first-order valence-corrected chi connectivity index (χ1v) is 5.87. The van der Waals surface area contributed by atoms with E-state index < -0.39 is 0 Å². The summed E-state index contributed by atoms with van der Waals surface area (Å²) in [5.41, 5.74) is 5.22. The molecule has 3 heteroatoms. The highest BCUT2D eigenvalue weighted by molar-refractivity contribution is 5.89. The third kappa shape index (κ3) is 1.80. The van der Waals surface area contributed by atoms with Crippen molar-refractivity contribution in [2.45, 2.75) is 20.4 Å². The van der Waals surface area contributed by atoms with Crippen molar-refractivity contribution in [3.05, 3.63) is 29.0 Å². The fraction of sp³-hybridized carbons (Fsp3) is 0.429. The fourth-order valence-corrected chi connectivity index (χ4v) is 2.56. The molecule has 2 rings (SSSR count). The van der Waals surface area contributed by atoms with Gasteiger partial charge < -0.3 is 14.6 Å². The van der Waals surface area contributed by atoms with E-state index >= 15 is 0 Å². The Bertz CT molecular complexity index is 555. The van der Waals surface area contributed by atoms with Crippen molar-refractivity contribution in [3.8, 4) is 5.75 Å². The Morgan fingerprint density at radius 1 is 1.29 bits per heavy atom. The average Bonchev–Trinajstić information content (AvgIpc) is 2.55. The van der Waals surface area contributed by atoms with Crippen LogP contribution in [0.15, 0.2) is 12.1 Å². The van der Waals surface area contributed by atoms with Gasteiger partial charge in [0.1, 0.15) is 5.75 Å². The number of nitrogens with zero attached hydrogens (tertiary/aromatic N) is 1. The average molecular weight is 232 g/mol. The van der Waals surface area contributed by atoms with Gasteiger partial charge in [0.05, 0.1) is 12.6 Å². The highest BCUT2D eigenvalue weighted by Gasteiger charge is 2.13. The maximum Gasteiger partial charge on any atom is 0.119 e. The van der Waals surface area contributed by atoms with E-state index in [1.807, 2.05) is 7.05 Å². The van der Waals surface area contributed by atoms with Crippen LogP contribution in [-0.4, -0.2) is 18.7 Å². The van der Waals surface area contributed by atoms with Crippen LogP contribution < -0.4 is 10.1 Å². The van der Waals surface area contributed by atoms with Gasteiger partial charge >= 0.3 is 0 Å². The van der Waals surface area contributed by atoms with Crippen LogP contribution in [0.2, 0.25) is 0 Å². The van der Waals surface area contributed by atoms with E-state index in [1.54, 1.807) is 7.11 Å². The molecule has 0 bridgehead atoms. The maximum atomic E-state index is 5.34. The SMILES string of the molecule is CNCc1c(C)c2cc(OC)cc(C)c2n1C. The monoisotopic (exact) mass is 232 g/mol. The van der Waals surface area contributed by atoms with Crippen molar-refractivity contribution in [2.24, 2.45) is 7.05 Å². The van der Waals surface area contributed by atoms with Crippen LogP contribution in [0.4, 0.5) is 0 Å². The predicted octanol–water partition coefficient (Wildman–Crippen LogP) is 2.52. The molecule has 0 atom stereocenters. The van der Waals surface area contributed by atoms with E-state index in [0.29, 0.717) is 0 Å². The maximum absolute atomic E-state index is 5.34. The summed E-state index contributed by atoms with van der Waals surface area (Å²) < 4.78 is 7.62. The molecule has 0 radical (unpaired) electrons. The minimum atomic E-state index is 0.888. The smallest absolute Gasteiger partial charge is 0.119 e. The summed E-state index contributed by atoms with van der Waals surface area (Å²) in [6.07, 6.45) is 0. The summed E-state index contributed by atoms with van der Waals surface area (Å²) in [7, 11) is 5.82. The molecule has 0 saturated carbocycles. The van der Waals surface area contributed by atoms with Crippen molar-refractivity contribution in [1.82, 2.24) is 9.88 Å². The van der Waals surface area contributed by atoms with Gasteiger partial charge in [-0.25, -0.2) is 0 Å². The minimum absolute atomic E-state index is 0.888. The quantitative estimate of drug-likeness (QED) is 0.880. The van der Waals surface area contributed by atoms with E-state index in [0.717, 1.165) is 12.3 Å². The third-order valence-corrected chi connectivity index (χ3v) is 3.43. The van der Waals surface area contributed by atoms with E-state index in [1.165, 1.54) is 27.7 Å². The zero-order chi connectivity index (χ0) is 12.6. The molecule has 1 aromatic heterocycles. The van der Waals surface area contributed by atoms with Gasteiger partial charge in [-0.05, 0) is 44.2 Å². The molecule has 1 N–H and O–H groups in total. The zero-order valence-corrected chi connectivity index (χ0v) is 11.2. The van der Waals surface area contributed by atoms with E-state index in [9.17, 15) is 0 Å². The number of ether oxygens (including phenoxy) is 1. The minimum Gasteiger partial charge on any atom is -0.497 e. The molecule has 0 aliphatic carbocycles. The number of methoxy groups -OCH3 is 1. The van der Waals surface area contributed by atoms with Crippen molar-refractivity contribution in [1.29, 1.82) is 0 Å². The summed E-state index contributed by atoms with van der Waals surface area (Å²) >= 11 is 0. The Morgan fingerprint density at radius 3 is 2.59 bits per heavy atom. The van der Waals surface area contributed by atoms with Gasteiger partial charge in [0.2, 0.25) is 0 Å². The molecule has 2 aromatic rings. The van der Waals surface area contributed by atoms with Gasteiger partial charge in [0.15, 0.2) is 0 Å². The van der Waals surface area contributed by atoms with Gasteiger partial charge in [0, 0.05) is 24.7 Å². The summed E-state index contributed by atoms with van der Waals surface area (Å²) in [6, 6.07) is 4.21. The first-order chi connectivity index (χ1) is 8.10. The molecule has 3 nitrogen and oxygen atoms in total. The van der Waals surface area contributed by atoms with Gasteiger partial charge in [-0.2, -0.15) is 0 Å². The molecular formula is C14H20N2O. The summed E-state index contributed by atoms with van der Waals surface area (Å²) in [4.78, 5) is 0. The van der Waals surface area contributed by atoms with Crippen LogP contribution in [0.3, 0.4) is 0 Å². The number of fused-ring (bicyclic) bond motifs is 1. The van der Waals surface area contributed by atoms with Crippen molar-refractivity contribution < 1.29 is 4.74 Å². The second-order valence-electron chi connectivity index (χ2n) is 4.50. The van der Waals surface area contributed by atoms with Gasteiger partial charge in [0.25, 0.3) is 0 Å². The van der Waals surface area contributed by atoms with Crippen molar-refractivity contribution in [3.63, 3.8) is 0 Å². The van der Waals surface area contributed by atoms with Gasteiger partial charge in [-0.15, -0.1) is 0 Å². The first-order valence-electron chi connectivity index (χ1n) is 5.87. The van der Waals surface area contributed by atoms with E-state index in [2.05, 4.69) is 42.9 Å². The molecule has 0 unspecified atom stereocenters. The summed E-state index contributed by atoms with van der Waals surface area (Å²) in [6.45, 7) is 5.19. The Hall–Kier alpha value is -1.48. The lowest BCUT2D eigenvalue weighted by Gasteiger charge is -2.06. The zero-order valence-electron chi connectivity index (χ0n) is 11.2. The number of nitrogens with one attached hydrogen (secondary N) is 1. The molecule has 0 amide bonds. The third-order valence-electron chi connectivity index (χ3n) is 3.43. The molecule has 1 heterocycles. The second kappa shape index (κ2) is 4.41. The molecule has 0 aliphatic rings. The van der Waals surface area contributed by atoms with Crippen molar-refractivity contribution in [2.75, 3.05) is 14.2 Å². The van der Waals surface area contributed by atoms with E-state index in [4.69, 9.17) is 4.74 Å². The predicted molar refractivity (Wildman–Crippen MR) is 71.7 cm³/mol. The molecular weight excluding hydrogens is 212 g/mol. The normalized spacial score (nSPS) is 11.1. The molecule has 0 fully saturated rings. The summed E-state index contributed by atoms with van der Waals surface area (Å²) in [5, 5.41) is 4.51. The number of hydrogen-bond acceptors (Lipinski definition) is 2. The lowest BCUT2D eigenvalue weighted by atomic mass is 10.1. The van der Waals surface area contributed by atoms with Crippen LogP contribution in [0, 0.1) is 13.8 Å². The van der Waals surface area contributed by atoms with Gasteiger partial charge in [-0.1, -0.05) is 0 Å². The molecule has 0 spiro atoms. The van der Waals surface area contributed by atoms with Gasteiger partial charge in [-0.3, -0.25) is 0 Å². The standard InChI is InChI=1S/C14H20N2O/c1-9-6-11(17-5)7-12-10(2)13(8-15-3)16(4)14(9)12/h6-7,15H,8H2,1-5H3. The molecule has 92 valence electrons. The van der Waals surface area contributed by atoms with Crippen molar-refractivity contribution >= 4 is 10.9 Å². The molecule has 17 heavy (non-hydrogen) atoms. The number of aromatic nitrogens is 1. The highest BCUT2D eigenvalue weighted by atomic mass is 16.5. The lowest BCUT2D eigenvalue weighted by molar-refractivity contribution is 0.415. The first kappa shape index (κ1) is 12.0. The van der Waals surface area contributed by atoms with Crippen LogP contribution in [0.1, 0.15) is 16.8 Å². The lowest BCUT2D eigenvalue weighted by Crippen LogP contribution is -2.10. The van der Waals surface area contributed by atoms with Crippen LogP contribution in [0.25, 0.3) is 10.9 Å². The highest BCUT2D eigenvalue weighted by Crippen LogP contribution is 2.31. The largest absolute Gasteiger partial charge is 0.497 e. The molecule has 0 aliphatic heterocycles. The number of hydrogen-bond donors (Lipinski definition) is 1. The number of aryl methyl sites for hydroxylation is 3. The Labute approximate surface area is 102 Å². The van der Waals surface area contributed by atoms with Crippen LogP contribution in [-0.2, 0) is 13.6 Å². The molecule has 1 aromatic carbocycles. The Morgan fingerprint density at radius 2 is 2.00 bits per heavy atom. The topological polar surface area (TPSA) is 26.2 Å². The van der Waals surface area contributed by atoms with E-state index in [-0.39, 0.29) is 0 Å². The summed E-state index contributed by atoms with van der Waals surface area (Å²) in [5.74, 6) is 0.930. The second-order valence-corrected chi connectivity index (χ2v) is 4.50. The Balaban J connectivity index is 2.77. The van der Waals surface area contributed by atoms with Crippen LogP contribution in [0.5, 0.6) is 5.75 Å². The fourth-order valence-electron chi connectivity index (χ4n) is 2.56. The molecule has 0 saturated heterocycles. The van der Waals surface area contributed by atoms with Crippen LogP contribution >= 0.6 is 0 Å². The number of rotatable bonds is 3. The number of benzene rings is 1. The Kier molecular flexibility index (Phi) is 3.11.